The molecule has 0 aromatic heterocycles. The van der Waals surface area contributed by atoms with E-state index in [4.69, 9.17) is 9.47 Å². The minimum Gasteiger partial charge on any atom is -0.486 e. The van der Waals surface area contributed by atoms with Crippen LogP contribution in [0, 0.1) is 6.92 Å². The van der Waals surface area contributed by atoms with E-state index in [2.05, 4.69) is 5.32 Å². The lowest BCUT2D eigenvalue weighted by atomic mass is 10.1. The number of carbonyl (C=O) groups is 2. The number of nitrogens with one attached hydrogen (secondary N) is 1. The molecular weight excluding hydrogens is 494 g/mol. The van der Waals surface area contributed by atoms with Gasteiger partial charge in [-0.1, -0.05) is 50.1 Å². The Morgan fingerprint density at radius 2 is 1.78 bits per heavy atom. The van der Waals surface area contributed by atoms with E-state index in [1.165, 1.54) is 4.90 Å². The normalized spacial score (nSPS) is 13.5. The number of hydrogen-bond donors (Lipinski definition) is 1. The third-order valence-corrected chi connectivity index (χ3v) is 7.28. The van der Waals surface area contributed by atoms with Crippen molar-refractivity contribution >= 4 is 27.5 Å². The lowest BCUT2D eigenvalue weighted by molar-refractivity contribution is -0.140. The highest BCUT2D eigenvalue weighted by atomic mass is 32.2. The molecule has 3 rings (SSSR count). The van der Waals surface area contributed by atoms with Gasteiger partial charge in [0.2, 0.25) is 21.8 Å². The van der Waals surface area contributed by atoms with Gasteiger partial charge < -0.3 is 19.7 Å². The molecule has 1 aliphatic rings. The first-order valence-corrected chi connectivity index (χ1v) is 14.5. The maximum Gasteiger partial charge on any atom is 0.244 e. The Bertz CT molecular complexity index is 1200. The summed E-state index contributed by atoms with van der Waals surface area (Å²) in [5.41, 5.74) is 2.17. The van der Waals surface area contributed by atoms with Crippen LogP contribution >= 0.6 is 0 Å². The number of fused-ring (bicyclic) bond motifs is 1. The summed E-state index contributed by atoms with van der Waals surface area (Å²) >= 11 is 0. The van der Waals surface area contributed by atoms with Crippen LogP contribution in [0.2, 0.25) is 0 Å². The molecule has 0 aliphatic carbocycles. The van der Waals surface area contributed by atoms with E-state index in [9.17, 15) is 18.0 Å². The Labute approximate surface area is 219 Å². The highest BCUT2D eigenvalue weighted by molar-refractivity contribution is 7.92. The van der Waals surface area contributed by atoms with E-state index in [0.717, 1.165) is 34.5 Å². The van der Waals surface area contributed by atoms with E-state index >= 15 is 0 Å². The summed E-state index contributed by atoms with van der Waals surface area (Å²) in [4.78, 5) is 28.3. The predicted molar refractivity (Wildman–Crippen MR) is 143 cm³/mol. The summed E-state index contributed by atoms with van der Waals surface area (Å²) < 4.78 is 37.8. The fourth-order valence-electron chi connectivity index (χ4n) is 4.23. The topological polar surface area (TPSA) is 105 Å². The number of hydrogen-bond acceptors (Lipinski definition) is 6. The Morgan fingerprint density at radius 1 is 1.05 bits per heavy atom. The highest BCUT2D eigenvalue weighted by Crippen LogP contribution is 2.34. The molecule has 1 heterocycles. The van der Waals surface area contributed by atoms with Crippen molar-refractivity contribution in [1.82, 2.24) is 10.2 Å². The zero-order chi connectivity index (χ0) is 27.0. The molecule has 0 radical (unpaired) electrons. The minimum atomic E-state index is -3.83. The van der Waals surface area contributed by atoms with Gasteiger partial charge in [-0.15, -0.1) is 0 Å². The Morgan fingerprint density at radius 3 is 2.43 bits per heavy atom. The zero-order valence-corrected chi connectivity index (χ0v) is 22.8. The van der Waals surface area contributed by atoms with Crippen molar-refractivity contribution in [2.24, 2.45) is 0 Å². The van der Waals surface area contributed by atoms with Crippen molar-refractivity contribution in [3.63, 3.8) is 0 Å². The first-order chi connectivity index (χ1) is 17.6. The Balaban J connectivity index is 1.92. The number of sulfonamides is 1. The SMILES string of the molecule is CCCCNC(=O)[C@@H](CC)N(Cc1cccc(C)c1)C(=O)CN(c1ccc2c(c1)OCCO2)S(C)(=O)=O. The van der Waals surface area contributed by atoms with Gasteiger partial charge in [-0.05, 0) is 37.5 Å². The number of benzene rings is 2. The molecule has 0 saturated carbocycles. The van der Waals surface area contributed by atoms with Crippen LogP contribution in [0.3, 0.4) is 0 Å². The lowest BCUT2D eigenvalue weighted by Crippen LogP contribution is -2.52. The molecule has 1 aliphatic heterocycles. The Hall–Kier alpha value is -3.27. The summed E-state index contributed by atoms with van der Waals surface area (Å²) in [5, 5.41) is 2.92. The van der Waals surface area contributed by atoms with E-state index in [1.807, 2.05) is 45.0 Å². The van der Waals surface area contributed by atoms with Gasteiger partial charge in [-0.2, -0.15) is 0 Å². The molecular formula is C27H37N3O6S. The monoisotopic (exact) mass is 531 g/mol. The summed E-state index contributed by atoms with van der Waals surface area (Å²) in [6, 6.07) is 11.7. The first kappa shape index (κ1) is 28.3. The number of carbonyl (C=O) groups excluding carboxylic acids is 2. The maximum absolute atomic E-state index is 13.8. The third-order valence-electron chi connectivity index (χ3n) is 6.14. The molecule has 0 spiro atoms. The van der Waals surface area contributed by atoms with Crippen LogP contribution in [0.1, 0.15) is 44.2 Å². The standard InChI is InChI=1S/C27H37N3O6S/c1-5-7-13-28-27(32)23(6-2)29(18-21-10-8-9-20(3)16-21)26(31)19-30(37(4,33)34)22-11-12-24-25(17-22)36-15-14-35-24/h8-12,16-17,23H,5-7,13-15,18-19H2,1-4H3,(H,28,32)/t23-/m1/s1. The van der Waals surface area contributed by atoms with Crippen molar-refractivity contribution in [3.8, 4) is 11.5 Å². The maximum atomic E-state index is 13.8. The zero-order valence-electron chi connectivity index (χ0n) is 22.0. The smallest absolute Gasteiger partial charge is 0.244 e. The molecule has 37 heavy (non-hydrogen) atoms. The molecule has 0 fully saturated rings. The fourth-order valence-corrected chi connectivity index (χ4v) is 5.08. The van der Waals surface area contributed by atoms with Gasteiger partial charge in [0.15, 0.2) is 11.5 Å². The van der Waals surface area contributed by atoms with Crippen molar-refractivity contribution in [2.75, 3.05) is 36.9 Å². The number of amides is 2. The molecule has 9 nitrogen and oxygen atoms in total. The van der Waals surface area contributed by atoms with Crippen molar-refractivity contribution < 1.29 is 27.5 Å². The lowest BCUT2D eigenvalue weighted by Gasteiger charge is -2.33. The average Bonchev–Trinajstić information content (AvgIpc) is 2.86. The van der Waals surface area contributed by atoms with Gasteiger partial charge in [0.05, 0.1) is 11.9 Å². The summed E-state index contributed by atoms with van der Waals surface area (Å²) in [6.07, 6.45) is 3.21. The van der Waals surface area contributed by atoms with Gasteiger partial charge in [0, 0.05) is 19.2 Å². The average molecular weight is 532 g/mol. The number of nitrogens with zero attached hydrogens (tertiary/aromatic N) is 2. The van der Waals surface area contributed by atoms with E-state index in [1.54, 1.807) is 18.2 Å². The van der Waals surface area contributed by atoms with E-state index in [-0.39, 0.29) is 18.1 Å². The quantitative estimate of drug-likeness (QED) is 0.422. The van der Waals surface area contributed by atoms with Crippen molar-refractivity contribution in [3.05, 3.63) is 53.6 Å². The van der Waals surface area contributed by atoms with Crippen molar-refractivity contribution in [2.45, 2.75) is 52.6 Å². The number of anilines is 1. The highest BCUT2D eigenvalue weighted by Gasteiger charge is 2.32. The van der Waals surface area contributed by atoms with Crippen LogP contribution in [0.4, 0.5) is 5.69 Å². The van der Waals surface area contributed by atoms with Gasteiger partial charge in [0.1, 0.15) is 25.8 Å². The second kappa shape index (κ2) is 12.8. The molecule has 2 aromatic rings. The minimum absolute atomic E-state index is 0.180. The molecule has 1 atom stereocenters. The van der Waals surface area contributed by atoms with Crippen LogP contribution < -0.4 is 19.1 Å². The van der Waals surface area contributed by atoms with Crippen molar-refractivity contribution in [1.29, 1.82) is 0 Å². The van der Waals surface area contributed by atoms with Gasteiger partial charge >= 0.3 is 0 Å². The third kappa shape index (κ3) is 7.61. The predicted octanol–water partition coefficient (Wildman–Crippen LogP) is 3.26. The molecule has 2 amide bonds. The van der Waals surface area contributed by atoms with Crippen LogP contribution in [0.5, 0.6) is 11.5 Å². The molecule has 0 bridgehead atoms. The van der Waals surface area contributed by atoms with Gasteiger partial charge in [-0.3, -0.25) is 13.9 Å². The molecule has 0 saturated heterocycles. The first-order valence-electron chi connectivity index (χ1n) is 12.6. The summed E-state index contributed by atoms with van der Waals surface area (Å²) in [6.45, 7) is 6.84. The van der Waals surface area contributed by atoms with Crippen LogP contribution in [0.15, 0.2) is 42.5 Å². The van der Waals surface area contributed by atoms with Gasteiger partial charge in [0.25, 0.3) is 0 Å². The molecule has 2 aromatic carbocycles. The fraction of sp³-hybridized carbons (Fsp3) is 0.481. The molecule has 10 heteroatoms. The van der Waals surface area contributed by atoms with E-state index in [0.29, 0.717) is 37.7 Å². The van der Waals surface area contributed by atoms with Crippen LogP contribution in [-0.2, 0) is 26.2 Å². The summed E-state index contributed by atoms with van der Waals surface area (Å²) in [7, 11) is -3.83. The summed E-state index contributed by atoms with van der Waals surface area (Å²) in [5.74, 6) is 0.218. The van der Waals surface area contributed by atoms with E-state index < -0.39 is 28.5 Å². The second-order valence-electron chi connectivity index (χ2n) is 9.18. The number of rotatable bonds is 12. The van der Waals surface area contributed by atoms with Crippen LogP contribution in [0.25, 0.3) is 0 Å². The Kier molecular flexibility index (Phi) is 9.79. The largest absolute Gasteiger partial charge is 0.486 e. The number of aryl methyl sites for hydroxylation is 1. The second-order valence-corrected chi connectivity index (χ2v) is 11.1. The van der Waals surface area contributed by atoms with Crippen LogP contribution in [-0.4, -0.2) is 63.7 Å². The molecule has 1 N–H and O–H groups in total. The molecule has 202 valence electrons. The number of ether oxygens (including phenoxy) is 2. The van der Waals surface area contributed by atoms with Gasteiger partial charge in [-0.25, -0.2) is 8.42 Å². The molecule has 0 unspecified atom stereocenters. The number of unbranched alkanes of at least 4 members (excludes halogenated alkanes) is 1.